The summed E-state index contributed by atoms with van der Waals surface area (Å²) in [7, 11) is 0. The van der Waals surface area contributed by atoms with Gasteiger partial charge in [-0.2, -0.15) is 0 Å². The van der Waals surface area contributed by atoms with Gasteiger partial charge in [-0.05, 0) is 54.6 Å². The molecule has 23 heavy (non-hydrogen) atoms. The molecule has 0 amide bonds. The Labute approximate surface area is 153 Å². The first-order valence-electron chi connectivity index (χ1n) is 7.32. The number of fused-ring (bicyclic) bond motifs is 1. The molecule has 0 unspecified atom stereocenters. The molecule has 0 aliphatic rings. The van der Waals surface area contributed by atoms with E-state index < -0.39 is 0 Å². The number of aliphatic imine (C=N–C) groups is 1. The van der Waals surface area contributed by atoms with Crippen molar-refractivity contribution >= 4 is 46.5 Å². The lowest BCUT2D eigenvalue weighted by Gasteiger charge is -2.07. The number of nitrogens with one attached hydrogen (secondary N) is 2. The third-order valence-electron chi connectivity index (χ3n) is 3.78. The number of aromatic nitrogens is 1. The molecule has 0 saturated carbocycles. The highest BCUT2D eigenvalue weighted by molar-refractivity contribution is 14.0. The number of H-pyrrole nitrogens is 1. The summed E-state index contributed by atoms with van der Waals surface area (Å²) in [6, 6.07) is 16.4. The third-order valence-corrected chi connectivity index (χ3v) is 3.78. The zero-order valence-corrected chi connectivity index (χ0v) is 15.6. The number of anilines is 1. The molecular formula is C18H21IN4. The van der Waals surface area contributed by atoms with Crippen molar-refractivity contribution in [1.29, 1.82) is 0 Å². The van der Waals surface area contributed by atoms with E-state index in [9.17, 15) is 0 Å². The molecule has 3 rings (SSSR count). The molecule has 0 bridgehead atoms. The molecule has 4 N–H and O–H groups in total. The standard InChI is InChI=1S/C18H20N4.HI/c1-12-7-8-15(9-13(12)2)22-18(19)20-11-16-10-14-5-3-4-6-17(14)21-16;/h3-10,21H,11H2,1-2H3,(H3,19,20,22);1H. The molecule has 4 nitrogen and oxygen atoms in total. The fourth-order valence-electron chi connectivity index (χ4n) is 2.40. The highest BCUT2D eigenvalue weighted by Gasteiger charge is 2.01. The summed E-state index contributed by atoms with van der Waals surface area (Å²) in [5, 5.41) is 4.32. The number of hydrogen-bond donors (Lipinski definition) is 3. The van der Waals surface area contributed by atoms with Crippen molar-refractivity contribution in [3.63, 3.8) is 0 Å². The van der Waals surface area contributed by atoms with Gasteiger partial charge in [0.1, 0.15) is 0 Å². The van der Waals surface area contributed by atoms with Gasteiger partial charge in [-0.3, -0.25) is 0 Å². The monoisotopic (exact) mass is 420 g/mol. The first kappa shape index (κ1) is 17.3. The summed E-state index contributed by atoms with van der Waals surface area (Å²) in [6.07, 6.45) is 0. The zero-order chi connectivity index (χ0) is 15.5. The van der Waals surface area contributed by atoms with E-state index in [-0.39, 0.29) is 24.0 Å². The van der Waals surface area contributed by atoms with Crippen LogP contribution < -0.4 is 11.1 Å². The molecule has 0 aliphatic heterocycles. The molecule has 2 aromatic carbocycles. The zero-order valence-electron chi connectivity index (χ0n) is 13.3. The minimum Gasteiger partial charge on any atom is -0.370 e. The Bertz CT molecular complexity index is 803. The third kappa shape index (κ3) is 4.25. The largest absolute Gasteiger partial charge is 0.370 e. The minimum absolute atomic E-state index is 0. The van der Waals surface area contributed by atoms with Gasteiger partial charge in [0, 0.05) is 16.9 Å². The lowest BCUT2D eigenvalue weighted by atomic mass is 10.1. The van der Waals surface area contributed by atoms with Gasteiger partial charge >= 0.3 is 0 Å². The average Bonchev–Trinajstić information content (AvgIpc) is 2.92. The lowest BCUT2D eigenvalue weighted by Crippen LogP contribution is -2.22. The predicted octanol–water partition coefficient (Wildman–Crippen LogP) is 4.33. The molecule has 0 saturated heterocycles. The van der Waals surface area contributed by atoms with E-state index in [4.69, 9.17) is 5.73 Å². The smallest absolute Gasteiger partial charge is 0.193 e. The van der Waals surface area contributed by atoms with Gasteiger partial charge in [-0.15, -0.1) is 24.0 Å². The fraction of sp³-hybridized carbons (Fsp3) is 0.167. The molecule has 0 fully saturated rings. The fourth-order valence-corrected chi connectivity index (χ4v) is 2.40. The van der Waals surface area contributed by atoms with Crippen LogP contribution in [0.25, 0.3) is 10.9 Å². The highest BCUT2D eigenvalue weighted by Crippen LogP contribution is 2.16. The SMILES string of the molecule is Cc1ccc(NC(N)=NCc2cc3ccccc3[nH]2)cc1C.I. The number of nitrogens with zero attached hydrogens (tertiary/aromatic N) is 1. The van der Waals surface area contributed by atoms with Crippen LogP contribution in [-0.2, 0) is 6.54 Å². The Morgan fingerprint density at radius 3 is 2.61 bits per heavy atom. The quantitative estimate of drug-likeness (QED) is 0.336. The van der Waals surface area contributed by atoms with Crippen molar-refractivity contribution in [2.45, 2.75) is 20.4 Å². The number of guanidine groups is 1. The highest BCUT2D eigenvalue weighted by atomic mass is 127. The van der Waals surface area contributed by atoms with Gasteiger partial charge in [0.2, 0.25) is 0 Å². The maximum atomic E-state index is 5.96. The maximum Gasteiger partial charge on any atom is 0.193 e. The van der Waals surface area contributed by atoms with Crippen LogP contribution in [0.1, 0.15) is 16.8 Å². The van der Waals surface area contributed by atoms with E-state index >= 15 is 0 Å². The molecule has 5 heteroatoms. The minimum atomic E-state index is 0. The number of rotatable bonds is 3. The summed E-state index contributed by atoms with van der Waals surface area (Å²) in [6.45, 7) is 4.70. The summed E-state index contributed by atoms with van der Waals surface area (Å²) in [5.41, 5.74) is 11.6. The molecule has 1 heterocycles. The van der Waals surface area contributed by atoms with Crippen molar-refractivity contribution in [2.24, 2.45) is 10.7 Å². The number of para-hydroxylation sites is 1. The molecule has 120 valence electrons. The van der Waals surface area contributed by atoms with Crippen LogP contribution in [0.4, 0.5) is 5.69 Å². The van der Waals surface area contributed by atoms with Crippen molar-refractivity contribution in [2.75, 3.05) is 5.32 Å². The van der Waals surface area contributed by atoms with Gasteiger partial charge in [0.05, 0.1) is 6.54 Å². The Morgan fingerprint density at radius 2 is 1.87 bits per heavy atom. The predicted molar refractivity (Wildman–Crippen MR) is 109 cm³/mol. The van der Waals surface area contributed by atoms with Crippen LogP contribution in [0.2, 0.25) is 0 Å². The van der Waals surface area contributed by atoms with Crippen LogP contribution in [0.3, 0.4) is 0 Å². The van der Waals surface area contributed by atoms with Gasteiger partial charge in [-0.1, -0.05) is 24.3 Å². The van der Waals surface area contributed by atoms with Crippen molar-refractivity contribution < 1.29 is 0 Å². The molecular weight excluding hydrogens is 399 g/mol. The number of nitrogens with two attached hydrogens (primary N) is 1. The number of halogens is 1. The number of aryl methyl sites for hydroxylation is 2. The number of aromatic amines is 1. The summed E-state index contributed by atoms with van der Waals surface area (Å²) in [4.78, 5) is 7.73. The van der Waals surface area contributed by atoms with E-state index in [1.807, 2.05) is 18.2 Å². The van der Waals surface area contributed by atoms with Crippen LogP contribution in [0.15, 0.2) is 53.5 Å². The summed E-state index contributed by atoms with van der Waals surface area (Å²) >= 11 is 0. The maximum absolute atomic E-state index is 5.96. The van der Waals surface area contributed by atoms with Crippen LogP contribution in [0, 0.1) is 13.8 Å². The summed E-state index contributed by atoms with van der Waals surface area (Å²) < 4.78 is 0. The van der Waals surface area contributed by atoms with Crippen molar-refractivity contribution in [3.8, 4) is 0 Å². The van der Waals surface area contributed by atoms with Crippen LogP contribution in [0.5, 0.6) is 0 Å². The topological polar surface area (TPSA) is 66.2 Å². The molecule has 0 aliphatic carbocycles. The molecule has 0 spiro atoms. The van der Waals surface area contributed by atoms with E-state index in [0.717, 1.165) is 16.9 Å². The Hall–Kier alpha value is -2.02. The van der Waals surface area contributed by atoms with Crippen molar-refractivity contribution in [1.82, 2.24) is 4.98 Å². The second kappa shape index (κ2) is 7.50. The van der Waals surface area contributed by atoms with Gasteiger partial charge in [0.25, 0.3) is 0 Å². The van der Waals surface area contributed by atoms with Crippen molar-refractivity contribution in [3.05, 3.63) is 65.4 Å². The Balaban J connectivity index is 0.00000192. The van der Waals surface area contributed by atoms with E-state index in [0.29, 0.717) is 12.5 Å². The van der Waals surface area contributed by atoms with Crippen LogP contribution in [-0.4, -0.2) is 10.9 Å². The average molecular weight is 420 g/mol. The summed E-state index contributed by atoms with van der Waals surface area (Å²) in [5.74, 6) is 0.418. The van der Waals surface area contributed by atoms with Crippen LogP contribution >= 0.6 is 24.0 Å². The normalized spacial score (nSPS) is 11.3. The number of hydrogen-bond acceptors (Lipinski definition) is 1. The first-order chi connectivity index (χ1) is 10.6. The Kier molecular flexibility index (Phi) is 5.65. The molecule has 3 aromatic rings. The van der Waals surface area contributed by atoms with E-state index in [2.05, 4.69) is 59.5 Å². The second-order valence-corrected chi connectivity index (χ2v) is 5.51. The number of benzene rings is 2. The molecule has 1 aromatic heterocycles. The van der Waals surface area contributed by atoms with E-state index in [1.165, 1.54) is 16.5 Å². The lowest BCUT2D eigenvalue weighted by molar-refractivity contribution is 1.01. The second-order valence-electron chi connectivity index (χ2n) is 5.51. The Morgan fingerprint density at radius 1 is 1.09 bits per heavy atom. The molecule has 0 atom stereocenters. The first-order valence-corrected chi connectivity index (χ1v) is 7.32. The van der Waals surface area contributed by atoms with E-state index in [1.54, 1.807) is 0 Å². The van der Waals surface area contributed by atoms with Gasteiger partial charge in [-0.25, -0.2) is 4.99 Å². The molecule has 0 radical (unpaired) electrons. The van der Waals surface area contributed by atoms with Gasteiger partial charge in [0.15, 0.2) is 5.96 Å². The van der Waals surface area contributed by atoms with Gasteiger partial charge < -0.3 is 16.0 Å².